The number of halogens is 2. The van der Waals surface area contributed by atoms with Gasteiger partial charge in [0.1, 0.15) is 22.8 Å². The topological polar surface area (TPSA) is 91.7 Å². The van der Waals surface area contributed by atoms with E-state index in [1.807, 2.05) is 13.2 Å². The Bertz CT molecular complexity index is 1030. The molecule has 8 nitrogen and oxygen atoms in total. The number of pyridine rings is 1. The van der Waals surface area contributed by atoms with Crippen LogP contribution < -0.4 is 9.64 Å². The molecule has 5 rings (SSSR count). The Morgan fingerprint density at radius 2 is 2.17 bits per heavy atom. The molecule has 2 saturated heterocycles. The average Bonchev–Trinajstić information content (AvgIpc) is 2.96. The number of hydrogen-bond donors (Lipinski definition) is 1. The zero-order valence-electron chi connectivity index (χ0n) is 15.8. The van der Waals surface area contributed by atoms with Crippen molar-refractivity contribution in [3.05, 3.63) is 11.0 Å². The second-order valence-corrected chi connectivity index (χ2v) is 8.61. The van der Waals surface area contributed by atoms with Gasteiger partial charge in [0, 0.05) is 6.54 Å². The number of hydrogen-bond acceptors (Lipinski definition) is 7. The Kier molecular flexibility index (Phi) is 4.39. The lowest BCUT2D eigenvalue weighted by atomic mass is 9.95. The summed E-state index contributed by atoms with van der Waals surface area (Å²) in [6.07, 6.45) is 2.72. The molecule has 1 N–H and O–H groups in total. The molecule has 3 aliphatic heterocycles. The highest BCUT2D eigenvalue weighted by Crippen LogP contribution is 2.46. The minimum Gasteiger partial charge on any atom is -0.471 e. The number of aromatic nitrogens is 3. The van der Waals surface area contributed by atoms with Crippen LogP contribution in [-0.2, 0) is 0 Å². The monoisotopic (exact) mass is 439 g/mol. The van der Waals surface area contributed by atoms with E-state index >= 15 is 0 Å². The second-order valence-electron chi connectivity index (χ2n) is 7.48. The van der Waals surface area contributed by atoms with E-state index in [1.54, 1.807) is 4.90 Å². The molecular formula is C18H19ClFN5O3S. The van der Waals surface area contributed by atoms with Crippen molar-refractivity contribution in [3.8, 4) is 5.88 Å². The Morgan fingerprint density at radius 1 is 1.38 bits per heavy atom. The van der Waals surface area contributed by atoms with Crippen LogP contribution in [0, 0.1) is 5.82 Å². The first kappa shape index (κ1) is 18.9. The number of rotatable bonds is 2. The highest BCUT2D eigenvalue weighted by atomic mass is 35.5. The molecule has 0 radical (unpaired) electrons. The van der Waals surface area contributed by atoms with Gasteiger partial charge in [-0.1, -0.05) is 30.3 Å². The Labute approximate surface area is 175 Å². The molecule has 3 aliphatic rings. The first-order valence-corrected chi connectivity index (χ1v) is 11.1. The summed E-state index contributed by atoms with van der Waals surface area (Å²) in [5, 5.41) is 10.3. The zero-order chi connectivity index (χ0) is 20.4. The molecule has 2 bridgehead atoms. The van der Waals surface area contributed by atoms with Crippen molar-refractivity contribution in [3.63, 3.8) is 0 Å². The molecule has 2 aromatic rings. The van der Waals surface area contributed by atoms with Gasteiger partial charge in [0.2, 0.25) is 5.88 Å². The van der Waals surface area contributed by atoms with Crippen LogP contribution in [0.2, 0.25) is 5.15 Å². The van der Waals surface area contributed by atoms with Crippen LogP contribution in [-0.4, -0.2) is 68.1 Å². The third-order valence-electron chi connectivity index (χ3n) is 6.10. The summed E-state index contributed by atoms with van der Waals surface area (Å²) in [7, 11) is 0. The van der Waals surface area contributed by atoms with Gasteiger partial charge in [0.05, 0.1) is 18.1 Å². The summed E-state index contributed by atoms with van der Waals surface area (Å²) < 4.78 is 21.1. The standard InChI is InChI=1S/C18H19ClFN5O3S/c1-3-9-13-8-5-4-7(25(8)18(26)27)6-24(13)15-10-12(21-17(23-15)29-2)11(20)14(19)22-16(10)28-9/h7-9,13H,3-6H2,1-2H3,(H,26,27). The van der Waals surface area contributed by atoms with Crippen LogP contribution in [0.1, 0.15) is 26.2 Å². The smallest absolute Gasteiger partial charge is 0.407 e. The van der Waals surface area contributed by atoms with Gasteiger partial charge in [-0.05, 0) is 25.5 Å². The number of fused-ring (bicyclic) bond motifs is 5. The number of carbonyl (C=O) groups is 1. The Hall–Kier alpha value is -2.07. The Morgan fingerprint density at radius 3 is 2.86 bits per heavy atom. The number of carboxylic acid groups (broad SMARTS) is 1. The number of thioether (sulfide) groups is 1. The summed E-state index contributed by atoms with van der Waals surface area (Å²) in [5.74, 6) is 0.0416. The third-order valence-corrected chi connectivity index (χ3v) is 6.90. The normalized spacial score (nSPS) is 27.6. The molecule has 11 heteroatoms. The molecule has 2 fully saturated rings. The molecule has 0 aromatic carbocycles. The number of amides is 1. The highest BCUT2D eigenvalue weighted by Gasteiger charge is 2.53. The van der Waals surface area contributed by atoms with Crippen molar-refractivity contribution in [1.29, 1.82) is 0 Å². The molecule has 154 valence electrons. The lowest BCUT2D eigenvalue weighted by molar-refractivity contribution is 0.0636. The van der Waals surface area contributed by atoms with E-state index in [-0.39, 0.29) is 40.8 Å². The van der Waals surface area contributed by atoms with E-state index in [2.05, 4.69) is 19.9 Å². The van der Waals surface area contributed by atoms with Crippen molar-refractivity contribution >= 4 is 46.2 Å². The van der Waals surface area contributed by atoms with Gasteiger partial charge in [-0.15, -0.1) is 0 Å². The van der Waals surface area contributed by atoms with Crippen molar-refractivity contribution in [2.45, 2.75) is 55.6 Å². The van der Waals surface area contributed by atoms with Crippen LogP contribution in [0.4, 0.5) is 15.0 Å². The fourth-order valence-electron chi connectivity index (χ4n) is 4.96. The van der Waals surface area contributed by atoms with Crippen LogP contribution in [0.3, 0.4) is 0 Å². The van der Waals surface area contributed by atoms with Crippen LogP contribution in [0.15, 0.2) is 5.16 Å². The van der Waals surface area contributed by atoms with Crippen molar-refractivity contribution in [1.82, 2.24) is 19.9 Å². The average molecular weight is 440 g/mol. The summed E-state index contributed by atoms with van der Waals surface area (Å²) in [4.78, 5) is 28.7. The summed E-state index contributed by atoms with van der Waals surface area (Å²) in [6, 6.07) is -0.618. The van der Waals surface area contributed by atoms with Gasteiger partial charge in [0.15, 0.2) is 16.1 Å². The Balaban J connectivity index is 1.77. The first-order chi connectivity index (χ1) is 13.9. The molecule has 2 aromatic heterocycles. The van der Waals surface area contributed by atoms with Gasteiger partial charge in [-0.25, -0.2) is 19.2 Å². The van der Waals surface area contributed by atoms with Crippen LogP contribution in [0.25, 0.3) is 10.9 Å². The summed E-state index contributed by atoms with van der Waals surface area (Å²) in [6.45, 7) is 2.45. The van der Waals surface area contributed by atoms with Crippen molar-refractivity contribution in [2.75, 3.05) is 17.7 Å². The summed E-state index contributed by atoms with van der Waals surface area (Å²) in [5.41, 5.74) is 0.0814. The quantitative estimate of drug-likeness (QED) is 0.432. The maximum absolute atomic E-state index is 14.9. The van der Waals surface area contributed by atoms with Crippen LogP contribution >= 0.6 is 23.4 Å². The second kappa shape index (κ2) is 6.73. The third kappa shape index (κ3) is 2.64. The number of piperazine rings is 1. The van der Waals surface area contributed by atoms with E-state index in [9.17, 15) is 14.3 Å². The fraction of sp³-hybridized carbons (Fsp3) is 0.556. The highest BCUT2D eigenvalue weighted by molar-refractivity contribution is 7.98. The van der Waals surface area contributed by atoms with E-state index in [4.69, 9.17) is 16.3 Å². The SMILES string of the molecule is CCC1Oc2nc(Cl)c(F)c3nc(SC)nc(c23)N2CC3CCC(C12)N3C(=O)O. The lowest BCUT2D eigenvalue weighted by Crippen LogP contribution is -2.65. The largest absolute Gasteiger partial charge is 0.471 e. The number of ether oxygens (including phenoxy) is 1. The fourth-order valence-corrected chi connectivity index (χ4v) is 5.48. The molecule has 29 heavy (non-hydrogen) atoms. The van der Waals surface area contributed by atoms with Gasteiger partial charge in [0.25, 0.3) is 0 Å². The van der Waals surface area contributed by atoms with E-state index < -0.39 is 11.9 Å². The van der Waals surface area contributed by atoms with E-state index in [0.29, 0.717) is 29.3 Å². The van der Waals surface area contributed by atoms with Crippen LogP contribution in [0.5, 0.6) is 5.88 Å². The molecule has 5 heterocycles. The minimum absolute atomic E-state index is 0.0814. The molecule has 1 amide bonds. The molecule has 0 aliphatic carbocycles. The zero-order valence-corrected chi connectivity index (χ0v) is 17.4. The predicted octanol–water partition coefficient (Wildman–Crippen LogP) is 3.41. The van der Waals surface area contributed by atoms with Crippen molar-refractivity contribution in [2.24, 2.45) is 0 Å². The molecular weight excluding hydrogens is 421 g/mol. The first-order valence-electron chi connectivity index (χ1n) is 9.49. The van der Waals surface area contributed by atoms with Gasteiger partial charge < -0.3 is 14.7 Å². The van der Waals surface area contributed by atoms with Gasteiger partial charge >= 0.3 is 6.09 Å². The molecule has 0 saturated carbocycles. The van der Waals surface area contributed by atoms with Crippen molar-refractivity contribution < 1.29 is 19.0 Å². The maximum atomic E-state index is 14.9. The van der Waals surface area contributed by atoms with E-state index in [0.717, 1.165) is 12.8 Å². The van der Waals surface area contributed by atoms with Gasteiger partial charge in [-0.3, -0.25) is 4.90 Å². The molecule has 4 unspecified atom stereocenters. The summed E-state index contributed by atoms with van der Waals surface area (Å²) >= 11 is 7.34. The molecule has 4 atom stereocenters. The predicted molar refractivity (Wildman–Crippen MR) is 107 cm³/mol. The maximum Gasteiger partial charge on any atom is 0.407 e. The minimum atomic E-state index is -0.918. The van der Waals surface area contributed by atoms with E-state index in [1.165, 1.54) is 11.8 Å². The lowest BCUT2D eigenvalue weighted by Gasteiger charge is -2.47. The van der Waals surface area contributed by atoms with Gasteiger partial charge in [-0.2, -0.15) is 4.98 Å². The number of nitrogens with zero attached hydrogens (tertiary/aromatic N) is 5. The number of anilines is 1. The molecule has 0 spiro atoms.